The van der Waals surface area contributed by atoms with Gasteiger partial charge in [-0.1, -0.05) is 18.2 Å². The molecule has 0 aliphatic rings. The zero-order valence-electron chi connectivity index (χ0n) is 7.37. The average molecular weight is 160 g/mol. The van der Waals surface area contributed by atoms with Crippen molar-refractivity contribution in [1.29, 1.82) is 0 Å². The number of para-hydroxylation sites is 1. The number of amides is 2. The Morgan fingerprint density at radius 1 is 1.36 bits per heavy atom. The molecule has 0 aliphatic heterocycles. The van der Waals surface area contributed by atoms with Crippen LogP contribution >= 0.6 is 0 Å². The van der Waals surface area contributed by atoms with Crippen LogP contribution in [0.3, 0.4) is 0 Å². The molecule has 3 N–H and O–H groups in total. The van der Waals surface area contributed by atoms with Crippen LogP contribution < -0.4 is 40.6 Å². The van der Waals surface area contributed by atoms with Gasteiger partial charge in [0.1, 0.15) is 0 Å². The van der Waals surface area contributed by atoms with Crippen molar-refractivity contribution in [3.8, 4) is 0 Å². The van der Waals surface area contributed by atoms with Crippen LogP contribution in [0.5, 0.6) is 0 Å². The zero-order valence-corrected chi connectivity index (χ0v) is 8.37. The molecule has 0 bridgehead atoms. The number of carbonyl (C=O) groups excluding carboxylic acids is 1. The molecule has 0 spiro atoms. The number of hydrogen-bond acceptors (Lipinski definition) is 1. The van der Waals surface area contributed by atoms with E-state index in [1.807, 2.05) is 18.2 Å². The average Bonchev–Trinajstić information content (AvgIpc) is 1.88. The minimum Gasteiger partial charge on any atom is -1.00 e. The summed E-state index contributed by atoms with van der Waals surface area (Å²) in [5.41, 5.74) is 5.59. The van der Waals surface area contributed by atoms with Gasteiger partial charge in [-0.25, -0.2) is 4.79 Å². The van der Waals surface area contributed by atoms with E-state index in [1.165, 1.54) is 0 Å². The standard InChI is InChI=1S/C7H8N2O.Na.H/c8-7(10)9-6-4-2-1-3-5-6;;/h1-5H,(H3,8,9,10);;/q;+1;-1. The first kappa shape index (κ1) is 10.5. The Balaban J connectivity index is 0. The molecule has 1 aromatic rings. The molecule has 0 heterocycles. The minimum absolute atomic E-state index is 0. The number of anilines is 1. The molecule has 4 heteroatoms. The van der Waals surface area contributed by atoms with Gasteiger partial charge in [-0.15, -0.1) is 0 Å². The first-order chi connectivity index (χ1) is 4.79. The summed E-state index contributed by atoms with van der Waals surface area (Å²) in [6.45, 7) is 0. The Kier molecular flexibility index (Phi) is 4.94. The first-order valence-corrected chi connectivity index (χ1v) is 2.90. The number of hydrogen-bond donors (Lipinski definition) is 2. The van der Waals surface area contributed by atoms with E-state index in [1.54, 1.807) is 12.1 Å². The molecule has 0 radical (unpaired) electrons. The first-order valence-electron chi connectivity index (χ1n) is 2.90. The Hall–Kier alpha value is -0.510. The van der Waals surface area contributed by atoms with Gasteiger partial charge < -0.3 is 12.5 Å². The zero-order chi connectivity index (χ0) is 7.40. The SMILES string of the molecule is NC(=O)Nc1ccccc1.[H-].[Na+]. The van der Waals surface area contributed by atoms with Crippen LogP contribution in [0, 0.1) is 0 Å². The predicted molar refractivity (Wildman–Crippen MR) is 40.8 cm³/mol. The van der Waals surface area contributed by atoms with Crippen LogP contribution in [0.1, 0.15) is 1.43 Å². The molecule has 3 nitrogen and oxygen atoms in total. The van der Waals surface area contributed by atoms with Crippen LogP contribution in [-0.2, 0) is 0 Å². The van der Waals surface area contributed by atoms with Gasteiger partial charge in [0.25, 0.3) is 0 Å². The second-order valence-corrected chi connectivity index (χ2v) is 1.86. The molecule has 1 aromatic carbocycles. The summed E-state index contributed by atoms with van der Waals surface area (Å²) in [6.07, 6.45) is 0. The Morgan fingerprint density at radius 2 is 1.91 bits per heavy atom. The van der Waals surface area contributed by atoms with Crippen molar-refractivity contribution in [3.05, 3.63) is 30.3 Å². The van der Waals surface area contributed by atoms with Crippen molar-refractivity contribution in [1.82, 2.24) is 0 Å². The van der Waals surface area contributed by atoms with E-state index >= 15 is 0 Å². The maximum atomic E-state index is 10.3. The van der Waals surface area contributed by atoms with Crippen LogP contribution in [-0.4, -0.2) is 6.03 Å². The fourth-order valence-electron chi connectivity index (χ4n) is 0.664. The van der Waals surface area contributed by atoms with Crippen molar-refractivity contribution in [2.24, 2.45) is 5.73 Å². The molecule has 0 aromatic heterocycles. The molecule has 0 saturated heterocycles. The van der Waals surface area contributed by atoms with Crippen LogP contribution in [0.2, 0.25) is 0 Å². The monoisotopic (exact) mass is 160 g/mol. The maximum Gasteiger partial charge on any atom is 1.00 e. The van der Waals surface area contributed by atoms with E-state index in [0.717, 1.165) is 5.69 Å². The Labute approximate surface area is 88.7 Å². The number of benzene rings is 1. The summed E-state index contributed by atoms with van der Waals surface area (Å²) in [5, 5.41) is 2.44. The van der Waals surface area contributed by atoms with Gasteiger partial charge in [-0.05, 0) is 12.1 Å². The number of nitrogens with two attached hydrogens (primary N) is 1. The van der Waals surface area contributed by atoms with E-state index in [-0.39, 0.29) is 31.0 Å². The third-order valence-corrected chi connectivity index (χ3v) is 1.04. The largest absolute Gasteiger partial charge is 1.00 e. The van der Waals surface area contributed by atoms with Crippen LogP contribution in [0.4, 0.5) is 10.5 Å². The normalized spacial score (nSPS) is 8.00. The number of urea groups is 1. The molecule has 0 fully saturated rings. The van der Waals surface area contributed by atoms with E-state index in [2.05, 4.69) is 5.32 Å². The number of rotatable bonds is 1. The molecule has 2 amide bonds. The van der Waals surface area contributed by atoms with E-state index in [0.29, 0.717) is 0 Å². The van der Waals surface area contributed by atoms with Gasteiger partial charge in [0.2, 0.25) is 0 Å². The van der Waals surface area contributed by atoms with Crippen molar-refractivity contribution in [2.75, 3.05) is 5.32 Å². The molecule has 0 atom stereocenters. The van der Waals surface area contributed by atoms with Gasteiger partial charge in [-0.3, -0.25) is 0 Å². The quantitative estimate of drug-likeness (QED) is 0.472. The summed E-state index contributed by atoms with van der Waals surface area (Å²) in [4.78, 5) is 10.3. The molecule has 54 valence electrons. The summed E-state index contributed by atoms with van der Waals surface area (Å²) in [7, 11) is 0. The molecule has 0 saturated carbocycles. The van der Waals surface area contributed by atoms with Crippen LogP contribution in [0.15, 0.2) is 30.3 Å². The summed E-state index contributed by atoms with van der Waals surface area (Å²) >= 11 is 0. The fourth-order valence-corrected chi connectivity index (χ4v) is 0.664. The molecule has 11 heavy (non-hydrogen) atoms. The van der Waals surface area contributed by atoms with E-state index in [9.17, 15) is 4.79 Å². The second-order valence-electron chi connectivity index (χ2n) is 1.86. The fraction of sp³-hybridized carbons (Fsp3) is 0. The van der Waals surface area contributed by atoms with Crippen molar-refractivity contribution >= 4 is 11.7 Å². The van der Waals surface area contributed by atoms with Crippen molar-refractivity contribution < 1.29 is 35.8 Å². The Bertz CT molecular complexity index is 230. The summed E-state index contributed by atoms with van der Waals surface area (Å²) in [5.74, 6) is 0. The predicted octanol–water partition coefficient (Wildman–Crippen LogP) is -1.71. The molecule has 0 aliphatic carbocycles. The minimum atomic E-state index is -0.536. The van der Waals surface area contributed by atoms with E-state index < -0.39 is 6.03 Å². The number of nitrogens with one attached hydrogen (secondary N) is 1. The second kappa shape index (κ2) is 5.18. The maximum absolute atomic E-state index is 10.3. The summed E-state index contributed by atoms with van der Waals surface area (Å²) < 4.78 is 0. The topological polar surface area (TPSA) is 55.1 Å². The van der Waals surface area contributed by atoms with Gasteiger partial charge in [0, 0.05) is 5.69 Å². The molecular formula is C7H9N2NaO. The van der Waals surface area contributed by atoms with Crippen molar-refractivity contribution in [2.45, 2.75) is 0 Å². The molecule has 0 unspecified atom stereocenters. The van der Waals surface area contributed by atoms with Gasteiger partial charge >= 0.3 is 35.6 Å². The molecule has 1 rings (SSSR count). The Morgan fingerprint density at radius 3 is 2.36 bits per heavy atom. The van der Waals surface area contributed by atoms with Gasteiger partial charge in [0.05, 0.1) is 0 Å². The summed E-state index contributed by atoms with van der Waals surface area (Å²) in [6, 6.07) is 8.52. The number of primary amides is 1. The third kappa shape index (κ3) is 4.03. The smallest absolute Gasteiger partial charge is 1.00 e. The van der Waals surface area contributed by atoms with Gasteiger partial charge in [-0.2, -0.15) is 0 Å². The van der Waals surface area contributed by atoms with E-state index in [4.69, 9.17) is 5.73 Å². The molecular weight excluding hydrogens is 151 g/mol. The van der Waals surface area contributed by atoms with Crippen LogP contribution in [0.25, 0.3) is 0 Å². The van der Waals surface area contributed by atoms with Crippen molar-refractivity contribution in [3.63, 3.8) is 0 Å². The number of carbonyl (C=O) groups is 1. The third-order valence-electron chi connectivity index (χ3n) is 1.04. The van der Waals surface area contributed by atoms with Gasteiger partial charge in [0.15, 0.2) is 0 Å².